The number of benzene rings is 2. The van der Waals surface area contributed by atoms with Crippen LogP contribution in [0.2, 0.25) is 0 Å². The highest BCUT2D eigenvalue weighted by Gasteiger charge is 2.35. The first-order valence-electron chi connectivity index (χ1n) is 6.97. The molecule has 0 aromatic heterocycles. The highest BCUT2D eigenvalue weighted by molar-refractivity contribution is 7.81. The maximum Gasteiger partial charge on any atom is 0.404 e. The number of nitrogens with two attached hydrogens (primary N) is 2. The lowest BCUT2D eigenvalue weighted by atomic mass is 10.1. The summed E-state index contributed by atoms with van der Waals surface area (Å²) in [4.78, 5) is 0. The van der Waals surface area contributed by atoms with E-state index in [2.05, 4.69) is 0 Å². The molecule has 124 valence electrons. The summed E-state index contributed by atoms with van der Waals surface area (Å²) in [6, 6.07) is 17.1. The molecule has 0 amide bonds. The molecule has 0 aliphatic rings. The second-order valence-corrected chi connectivity index (χ2v) is 6.67. The van der Waals surface area contributed by atoms with Gasteiger partial charge in [0.2, 0.25) is 0 Å². The van der Waals surface area contributed by atoms with E-state index in [0.717, 1.165) is 0 Å². The van der Waals surface area contributed by atoms with Crippen molar-refractivity contribution < 1.29 is 16.8 Å². The normalized spacial score (nSPS) is 17.2. The predicted molar refractivity (Wildman–Crippen MR) is 87.1 cm³/mol. The van der Waals surface area contributed by atoms with E-state index in [9.17, 15) is 8.42 Å². The van der Waals surface area contributed by atoms with Crippen LogP contribution in [0, 0.1) is 0 Å². The molecule has 0 saturated carbocycles. The molecule has 2 atom stereocenters. The van der Waals surface area contributed by atoms with Crippen molar-refractivity contribution in [2.75, 3.05) is 0 Å². The average molecular weight is 336 g/mol. The molecule has 0 heterocycles. The van der Waals surface area contributed by atoms with Gasteiger partial charge < -0.3 is 0 Å². The highest BCUT2D eigenvalue weighted by Crippen LogP contribution is 2.27. The second-order valence-electron chi connectivity index (χ2n) is 5.52. The first kappa shape index (κ1) is 17.6. The van der Waals surface area contributed by atoms with Gasteiger partial charge in [0.15, 0.2) is 11.4 Å². The van der Waals surface area contributed by atoms with Crippen molar-refractivity contribution in [2.24, 2.45) is 11.5 Å². The van der Waals surface area contributed by atoms with Gasteiger partial charge in [-0.15, -0.1) is 0 Å². The van der Waals surface area contributed by atoms with Crippen molar-refractivity contribution in [2.45, 2.75) is 25.3 Å². The van der Waals surface area contributed by atoms with E-state index < -0.39 is 21.8 Å². The molecule has 2 rings (SSSR count). The zero-order chi connectivity index (χ0) is 17.1. The standard InChI is InChI=1S/C16H20N2O4S/c1-15(17,13-9-5-3-6-10-13)21-23(19,20)22-16(2,18)14-11-7-4-8-12-14/h3-12H,17-18H2,1-2H3. The molecule has 7 heteroatoms. The number of rotatable bonds is 6. The Bertz CT molecular complexity index is 685. The van der Waals surface area contributed by atoms with Crippen molar-refractivity contribution >= 4 is 10.4 Å². The molecule has 4 N–H and O–H groups in total. The van der Waals surface area contributed by atoms with Crippen molar-refractivity contribution in [3.63, 3.8) is 0 Å². The maximum absolute atomic E-state index is 12.2. The van der Waals surface area contributed by atoms with E-state index in [1.54, 1.807) is 60.7 Å². The first-order valence-corrected chi connectivity index (χ1v) is 8.31. The van der Waals surface area contributed by atoms with Crippen LogP contribution in [0.3, 0.4) is 0 Å². The summed E-state index contributed by atoms with van der Waals surface area (Å²) in [7, 11) is -4.44. The third-order valence-corrected chi connectivity index (χ3v) is 4.35. The summed E-state index contributed by atoms with van der Waals surface area (Å²) in [6.45, 7) is 2.86. The number of hydrogen-bond donors (Lipinski definition) is 2. The van der Waals surface area contributed by atoms with Gasteiger partial charge in [0, 0.05) is 0 Å². The molecule has 0 saturated heterocycles. The third-order valence-electron chi connectivity index (χ3n) is 3.24. The van der Waals surface area contributed by atoms with Gasteiger partial charge in [-0.05, 0) is 25.0 Å². The Balaban J connectivity index is 2.19. The average Bonchev–Trinajstić information content (AvgIpc) is 2.47. The molecule has 6 nitrogen and oxygen atoms in total. The van der Waals surface area contributed by atoms with Crippen molar-refractivity contribution in [3.8, 4) is 0 Å². The monoisotopic (exact) mass is 336 g/mol. The summed E-state index contributed by atoms with van der Waals surface area (Å²) in [6.07, 6.45) is 0. The minimum absolute atomic E-state index is 0.491. The van der Waals surface area contributed by atoms with Crippen LogP contribution in [-0.2, 0) is 30.2 Å². The molecule has 0 aliphatic carbocycles. The summed E-state index contributed by atoms with van der Waals surface area (Å²) < 4.78 is 34.4. The van der Waals surface area contributed by atoms with Gasteiger partial charge in [0.25, 0.3) is 0 Å². The van der Waals surface area contributed by atoms with E-state index in [-0.39, 0.29) is 0 Å². The fourth-order valence-electron chi connectivity index (χ4n) is 2.08. The minimum atomic E-state index is -4.44. The van der Waals surface area contributed by atoms with Crippen molar-refractivity contribution in [3.05, 3.63) is 71.8 Å². The van der Waals surface area contributed by atoms with Gasteiger partial charge in [-0.1, -0.05) is 60.7 Å². The van der Waals surface area contributed by atoms with Crippen molar-refractivity contribution in [1.82, 2.24) is 0 Å². The van der Waals surface area contributed by atoms with Gasteiger partial charge >= 0.3 is 10.4 Å². The Kier molecular flexibility index (Phi) is 4.88. The fraction of sp³-hybridized carbons (Fsp3) is 0.250. The van der Waals surface area contributed by atoms with Gasteiger partial charge in [-0.2, -0.15) is 8.42 Å². The molecule has 2 aromatic rings. The molecule has 0 aliphatic heterocycles. The molecule has 2 aromatic carbocycles. The first-order chi connectivity index (χ1) is 10.6. The second kappa shape index (κ2) is 6.38. The molecule has 23 heavy (non-hydrogen) atoms. The Morgan fingerprint density at radius 3 is 1.35 bits per heavy atom. The summed E-state index contributed by atoms with van der Waals surface area (Å²) in [5.41, 5.74) is 9.75. The summed E-state index contributed by atoms with van der Waals surface area (Å²) in [5.74, 6) is 0. The van der Waals surface area contributed by atoms with E-state index in [4.69, 9.17) is 19.8 Å². The number of hydrogen-bond acceptors (Lipinski definition) is 6. The maximum atomic E-state index is 12.2. The Labute approximate surface area is 136 Å². The van der Waals surface area contributed by atoms with E-state index in [1.807, 2.05) is 0 Å². The molecular formula is C16H20N2O4S. The lowest BCUT2D eigenvalue weighted by molar-refractivity contribution is 0.0267. The van der Waals surface area contributed by atoms with Gasteiger partial charge in [0.05, 0.1) is 0 Å². The Morgan fingerprint density at radius 2 is 1.04 bits per heavy atom. The summed E-state index contributed by atoms with van der Waals surface area (Å²) >= 11 is 0. The van der Waals surface area contributed by atoms with Crippen LogP contribution >= 0.6 is 0 Å². The molecule has 0 bridgehead atoms. The molecule has 2 unspecified atom stereocenters. The predicted octanol–water partition coefficient (Wildman–Crippen LogP) is 1.93. The van der Waals surface area contributed by atoms with Crippen molar-refractivity contribution in [1.29, 1.82) is 0 Å². The van der Waals surface area contributed by atoms with Crippen LogP contribution in [-0.4, -0.2) is 8.42 Å². The van der Waals surface area contributed by atoms with Gasteiger partial charge in [-0.25, -0.2) is 8.37 Å². The zero-order valence-electron chi connectivity index (χ0n) is 13.0. The van der Waals surface area contributed by atoms with Crippen LogP contribution in [0.5, 0.6) is 0 Å². The Hall–Kier alpha value is -1.77. The molecule has 0 fully saturated rings. The van der Waals surface area contributed by atoms with Crippen LogP contribution in [0.4, 0.5) is 0 Å². The quantitative estimate of drug-likeness (QED) is 0.781. The minimum Gasteiger partial charge on any atom is -0.299 e. The van der Waals surface area contributed by atoms with Gasteiger partial charge in [0.1, 0.15) is 0 Å². The SMILES string of the molecule is CC(N)(OS(=O)(=O)OC(C)(N)c1ccccc1)c1ccccc1. The topological polar surface area (TPSA) is 105 Å². The van der Waals surface area contributed by atoms with Crippen LogP contribution in [0.25, 0.3) is 0 Å². The zero-order valence-corrected chi connectivity index (χ0v) is 13.8. The van der Waals surface area contributed by atoms with Crippen LogP contribution in [0.1, 0.15) is 25.0 Å². The van der Waals surface area contributed by atoms with Crippen LogP contribution < -0.4 is 11.5 Å². The molecule has 0 radical (unpaired) electrons. The van der Waals surface area contributed by atoms with E-state index in [1.165, 1.54) is 13.8 Å². The van der Waals surface area contributed by atoms with Crippen LogP contribution in [0.15, 0.2) is 60.7 Å². The fourth-order valence-corrected chi connectivity index (χ4v) is 3.15. The molecule has 0 spiro atoms. The highest BCUT2D eigenvalue weighted by atomic mass is 32.3. The van der Waals surface area contributed by atoms with E-state index in [0.29, 0.717) is 11.1 Å². The lowest BCUT2D eigenvalue weighted by Gasteiger charge is -2.28. The smallest absolute Gasteiger partial charge is 0.299 e. The lowest BCUT2D eigenvalue weighted by Crippen LogP contribution is -2.43. The Morgan fingerprint density at radius 1 is 0.739 bits per heavy atom. The van der Waals surface area contributed by atoms with Gasteiger partial charge in [-0.3, -0.25) is 11.5 Å². The summed E-state index contributed by atoms with van der Waals surface area (Å²) in [5, 5.41) is 0. The largest absolute Gasteiger partial charge is 0.404 e. The molecular weight excluding hydrogens is 316 g/mol. The third kappa shape index (κ3) is 4.60. The van der Waals surface area contributed by atoms with E-state index >= 15 is 0 Å².